The lowest BCUT2D eigenvalue weighted by Gasteiger charge is -2.53. The highest BCUT2D eigenvalue weighted by molar-refractivity contribution is 6.00. The molecule has 7 heteroatoms. The molecule has 0 aromatic heterocycles. The average molecular weight is 629 g/mol. The summed E-state index contributed by atoms with van der Waals surface area (Å²) in [5.74, 6) is -0.885. The van der Waals surface area contributed by atoms with E-state index in [0.29, 0.717) is 38.5 Å². The van der Waals surface area contributed by atoms with E-state index in [9.17, 15) is 14.7 Å². The lowest BCUT2D eigenvalue weighted by Crippen LogP contribution is -2.61. The minimum Gasteiger partial charge on any atom is -0.508 e. The van der Waals surface area contributed by atoms with Crippen molar-refractivity contribution < 1.29 is 24.2 Å². The Bertz CT molecular complexity index is 1130. The lowest BCUT2D eigenvalue weighted by molar-refractivity contribution is -0.188. The first-order valence-corrected chi connectivity index (χ1v) is 17.1. The molecule has 2 aliphatic heterocycles. The Morgan fingerprint density at radius 2 is 1.18 bits per heavy atom. The number of carbonyl (C=O) groups excluding carboxylic acids is 2. The van der Waals surface area contributed by atoms with E-state index in [-0.39, 0.29) is 51.9 Å². The van der Waals surface area contributed by atoms with Crippen LogP contribution in [0.3, 0.4) is 0 Å². The van der Waals surface area contributed by atoms with Gasteiger partial charge in [-0.1, -0.05) is 46.6 Å². The number of rotatable bonds is 9. The summed E-state index contributed by atoms with van der Waals surface area (Å²) in [6, 6.07) is 5.46. The van der Waals surface area contributed by atoms with Gasteiger partial charge in [0.25, 0.3) is 0 Å². The van der Waals surface area contributed by atoms with Gasteiger partial charge >= 0.3 is 11.9 Å². The number of carbonyl (C=O) groups is 2. The van der Waals surface area contributed by atoms with Crippen LogP contribution in [0.4, 0.5) is 0 Å². The first-order valence-electron chi connectivity index (χ1n) is 17.1. The van der Waals surface area contributed by atoms with Gasteiger partial charge in [-0.2, -0.15) is 0 Å². The van der Waals surface area contributed by atoms with E-state index in [1.54, 1.807) is 12.1 Å². The number of unbranched alkanes of at least 4 members (excludes halogenated alkanes) is 1. The molecule has 45 heavy (non-hydrogen) atoms. The monoisotopic (exact) mass is 628 g/mol. The summed E-state index contributed by atoms with van der Waals surface area (Å²) in [6.45, 7) is 25.8. The van der Waals surface area contributed by atoms with Gasteiger partial charge in [0, 0.05) is 47.8 Å². The fourth-order valence-corrected chi connectivity index (χ4v) is 7.81. The number of ether oxygens (including phenoxy) is 2. The van der Waals surface area contributed by atoms with Crippen molar-refractivity contribution in [2.45, 2.75) is 174 Å². The van der Waals surface area contributed by atoms with Crippen molar-refractivity contribution in [2.75, 3.05) is 14.1 Å². The predicted octanol–water partition coefficient (Wildman–Crippen LogP) is 7.80. The number of piperidine rings is 2. The lowest BCUT2D eigenvalue weighted by atomic mass is 9.75. The molecule has 1 aromatic rings. The highest BCUT2D eigenvalue weighted by Crippen LogP contribution is 2.43. The van der Waals surface area contributed by atoms with Crippen molar-refractivity contribution >= 4 is 11.9 Å². The van der Waals surface area contributed by atoms with Crippen molar-refractivity contribution in [3.8, 4) is 5.75 Å². The highest BCUT2D eigenvalue weighted by atomic mass is 16.6. The molecule has 0 saturated carbocycles. The van der Waals surface area contributed by atoms with Gasteiger partial charge in [-0.25, -0.2) is 0 Å². The molecule has 256 valence electrons. The standard InChI is InChI=1S/C38H64N2O5/c1-15-16-17-38(21-26-18-27(33(2,3)4)20-28(41)19-26,31(42)44-29-22-34(5,6)39(13)35(7,8)23-29)32(43)45-30-24-36(9,10)40(14)37(11,12)25-30/h18-20,29-30,41H,15-17,21-25H2,1-14H3. The van der Waals surface area contributed by atoms with Crippen LogP contribution in [-0.4, -0.2) is 75.3 Å². The van der Waals surface area contributed by atoms with Gasteiger partial charge in [-0.05, 0) is 111 Å². The summed E-state index contributed by atoms with van der Waals surface area (Å²) in [5.41, 5.74) is -0.811. The van der Waals surface area contributed by atoms with Crippen molar-refractivity contribution in [3.05, 3.63) is 29.3 Å². The summed E-state index contributed by atoms with van der Waals surface area (Å²) in [7, 11) is 4.25. The third kappa shape index (κ3) is 8.25. The number of esters is 2. The van der Waals surface area contributed by atoms with E-state index in [4.69, 9.17) is 9.47 Å². The van der Waals surface area contributed by atoms with E-state index in [1.165, 1.54) is 0 Å². The molecule has 2 saturated heterocycles. The Balaban J connectivity index is 2.09. The second kappa shape index (κ2) is 12.8. The maximum atomic E-state index is 14.7. The summed E-state index contributed by atoms with van der Waals surface area (Å²) in [6.07, 6.45) is 3.96. The Labute approximate surface area is 274 Å². The van der Waals surface area contributed by atoms with Crippen molar-refractivity contribution in [1.29, 1.82) is 0 Å². The normalized spacial score (nSPS) is 22.6. The van der Waals surface area contributed by atoms with E-state index >= 15 is 0 Å². The maximum absolute atomic E-state index is 14.7. The summed E-state index contributed by atoms with van der Waals surface area (Å²) in [4.78, 5) is 34.1. The van der Waals surface area contributed by atoms with Gasteiger partial charge in [-0.15, -0.1) is 0 Å². The number of nitrogens with zero attached hydrogens (tertiary/aromatic N) is 2. The molecular weight excluding hydrogens is 564 g/mol. The molecule has 1 aromatic carbocycles. The third-order valence-corrected chi connectivity index (χ3v) is 11.2. The van der Waals surface area contributed by atoms with Crippen molar-refractivity contribution in [3.63, 3.8) is 0 Å². The molecule has 3 rings (SSSR count). The van der Waals surface area contributed by atoms with Crippen LogP contribution >= 0.6 is 0 Å². The van der Waals surface area contributed by atoms with Gasteiger partial charge in [0.1, 0.15) is 18.0 Å². The summed E-state index contributed by atoms with van der Waals surface area (Å²) >= 11 is 0. The van der Waals surface area contributed by atoms with Crippen LogP contribution in [0, 0.1) is 5.41 Å². The zero-order valence-corrected chi connectivity index (χ0v) is 31.0. The molecule has 7 nitrogen and oxygen atoms in total. The van der Waals surface area contributed by atoms with E-state index < -0.39 is 17.4 Å². The van der Waals surface area contributed by atoms with E-state index in [0.717, 1.165) is 17.5 Å². The van der Waals surface area contributed by atoms with Crippen LogP contribution in [0.15, 0.2) is 18.2 Å². The number of aromatic hydroxyl groups is 1. The zero-order chi connectivity index (χ0) is 34.4. The number of hydrogen-bond acceptors (Lipinski definition) is 7. The zero-order valence-electron chi connectivity index (χ0n) is 31.0. The SMILES string of the molecule is CCCCC(Cc1cc(O)cc(C(C)(C)C)c1)(C(=O)OC1CC(C)(C)N(C)C(C)(C)C1)C(=O)OC1CC(C)(C)N(C)C(C)(C)C1. The minimum atomic E-state index is -1.53. The molecule has 0 amide bonds. The second-order valence-electron chi connectivity index (χ2n) is 17.7. The number of hydrogen-bond donors (Lipinski definition) is 1. The van der Waals surface area contributed by atoms with Crippen LogP contribution in [0.5, 0.6) is 5.75 Å². The molecular formula is C38H64N2O5. The highest BCUT2D eigenvalue weighted by Gasteiger charge is 2.53. The van der Waals surface area contributed by atoms with Crippen LogP contribution in [-0.2, 0) is 30.9 Å². The molecule has 2 aliphatic rings. The van der Waals surface area contributed by atoms with E-state index in [1.807, 2.05) is 6.07 Å². The maximum Gasteiger partial charge on any atom is 0.324 e. The number of phenolic OH excluding ortho intramolecular Hbond substituents is 1. The fourth-order valence-electron chi connectivity index (χ4n) is 7.81. The van der Waals surface area contributed by atoms with Crippen molar-refractivity contribution in [1.82, 2.24) is 9.80 Å². The molecule has 2 fully saturated rings. The van der Waals surface area contributed by atoms with E-state index in [2.05, 4.69) is 107 Å². The summed E-state index contributed by atoms with van der Waals surface area (Å²) < 4.78 is 12.9. The molecule has 2 heterocycles. The first-order chi connectivity index (χ1) is 20.4. The predicted molar refractivity (Wildman–Crippen MR) is 183 cm³/mol. The number of benzene rings is 1. The Morgan fingerprint density at radius 3 is 1.53 bits per heavy atom. The molecule has 0 spiro atoms. The van der Waals surface area contributed by atoms with Crippen LogP contribution < -0.4 is 0 Å². The Hall–Kier alpha value is -2.12. The topological polar surface area (TPSA) is 79.3 Å². The third-order valence-electron chi connectivity index (χ3n) is 11.2. The molecule has 0 radical (unpaired) electrons. The van der Waals surface area contributed by atoms with Gasteiger partial charge in [0.2, 0.25) is 0 Å². The van der Waals surface area contributed by atoms with Gasteiger partial charge < -0.3 is 14.6 Å². The minimum absolute atomic E-state index is 0.112. The molecule has 1 N–H and O–H groups in total. The Morgan fingerprint density at radius 1 is 0.778 bits per heavy atom. The molecule has 0 atom stereocenters. The smallest absolute Gasteiger partial charge is 0.324 e. The second-order valence-corrected chi connectivity index (χ2v) is 17.7. The number of phenols is 1. The van der Waals surface area contributed by atoms with Crippen LogP contribution in [0.25, 0.3) is 0 Å². The quantitative estimate of drug-likeness (QED) is 0.221. The van der Waals surface area contributed by atoms with Gasteiger partial charge in [-0.3, -0.25) is 19.4 Å². The van der Waals surface area contributed by atoms with Crippen LogP contribution in [0.2, 0.25) is 0 Å². The van der Waals surface area contributed by atoms with Gasteiger partial charge in [0.05, 0.1) is 0 Å². The fraction of sp³-hybridized carbons (Fsp3) is 0.789. The summed E-state index contributed by atoms with van der Waals surface area (Å²) in [5, 5.41) is 10.8. The molecule has 0 aliphatic carbocycles. The van der Waals surface area contributed by atoms with Crippen LogP contribution in [0.1, 0.15) is 139 Å². The van der Waals surface area contributed by atoms with Gasteiger partial charge in [0.15, 0.2) is 5.41 Å². The average Bonchev–Trinajstić information content (AvgIpc) is 2.86. The molecule has 0 bridgehead atoms. The first kappa shape index (κ1) is 37.3. The number of likely N-dealkylation sites (tertiary alicyclic amines) is 2. The Kier molecular flexibility index (Phi) is 10.6. The molecule has 0 unspecified atom stereocenters. The largest absolute Gasteiger partial charge is 0.508 e. The van der Waals surface area contributed by atoms with Crippen molar-refractivity contribution in [2.24, 2.45) is 5.41 Å².